The number of benzene rings is 2. The molecule has 0 radical (unpaired) electrons. The summed E-state index contributed by atoms with van der Waals surface area (Å²) in [4.78, 5) is 28.2. The summed E-state index contributed by atoms with van der Waals surface area (Å²) in [6.45, 7) is 1.80. The molecule has 0 spiro atoms. The van der Waals surface area contributed by atoms with Gasteiger partial charge in [-0.1, -0.05) is 42.2 Å². The molecule has 28 heavy (non-hydrogen) atoms. The van der Waals surface area contributed by atoms with Gasteiger partial charge in [-0.3, -0.25) is 4.79 Å². The van der Waals surface area contributed by atoms with E-state index in [1.54, 1.807) is 31.2 Å². The summed E-state index contributed by atoms with van der Waals surface area (Å²) in [5.74, 6) is 5.32. The number of rotatable bonds is 4. The second-order valence-electron chi connectivity index (χ2n) is 5.94. The molecule has 3 aromatic rings. The molecule has 0 aliphatic carbocycles. The van der Waals surface area contributed by atoms with Crippen molar-refractivity contribution in [3.8, 4) is 23.1 Å². The van der Waals surface area contributed by atoms with Gasteiger partial charge >= 0.3 is 5.97 Å². The SMILES string of the molecule is COC(=O)c1ccc(C#C[C@H](C)NC(=O)c2nc(-c3ccccc3)cs2)cc1. The number of amides is 1. The van der Waals surface area contributed by atoms with E-state index in [2.05, 4.69) is 26.9 Å². The van der Waals surface area contributed by atoms with Gasteiger partial charge in [0.05, 0.1) is 24.4 Å². The summed E-state index contributed by atoms with van der Waals surface area (Å²) >= 11 is 1.30. The van der Waals surface area contributed by atoms with Crippen LogP contribution in [-0.4, -0.2) is 30.0 Å². The summed E-state index contributed by atoms with van der Waals surface area (Å²) in [7, 11) is 1.34. The van der Waals surface area contributed by atoms with Crippen LogP contribution in [0.3, 0.4) is 0 Å². The number of thiazole rings is 1. The molecule has 0 unspecified atom stereocenters. The van der Waals surface area contributed by atoms with E-state index in [9.17, 15) is 9.59 Å². The fourth-order valence-corrected chi connectivity index (χ4v) is 3.14. The van der Waals surface area contributed by atoms with Crippen molar-refractivity contribution < 1.29 is 14.3 Å². The number of aromatic nitrogens is 1. The Labute approximate surface area is 167 Å². The summed E-state index contributed by atoms with van der Waals surface area (Å²) < 4.78 is 4.66. The van der Waals surface area contributed by atoms with Crippen LogP contribution < -0.4 is 5.32 Å². The molecule has 1 aromatic heterocycles. The van der Waals surface area contributed by atoms with Crippen molar-refractivity contribution in [1.29, 1.82) is 0 Å². The molecule has 1 atom stereocenters. The largest absolute Gasteiger partial charge is 0.465 e. The summed E-state index contributed by atoms with van der Waals surface area (Å²) in [5, 5.41) is 5.09. The maximum Gasteiger partial charge on any atom is 0.337 e. The minimum absolute atomic E-state index is 0.255. The molecule has 0 bridgehead atoms. The Bertz CT molecular complexity index is 1030. The standard InChI is InChI=1S/C22H18N2O3S/c1-15(8-9-16-10-12-18(13-11-16)22(26)27-2)23-20(25)21-24-19(14-28-21)17-6-4-3-5-7-17/h3-7,10-15H,1-2H3,(H,23,25)/t15-/m0/s1. The first-order valence-corrected chi connectivity index (χ1v) is 9.46. The van der Waals surface area contributed by atoms with Crippen LogP contribution in [0.25, 0.3) is 11.3 Å². The zero-order chi connectivity index (χ0) is 19.9. The maximum absolute atomic E-state index is 12.4. The first-order valence-electron chi connectivity index (χ1n) is 8.58. The van der Waals surface area contributed by atoms with Gasteiger partial charge in [-0.25, -0.2) is 9.78 Å². The van der Waals surface area contributed by atoms with Crippen LogP contribution in [0.2, 0.25) is 0 Å². The number of hydrogen-bond donors (Lipinski definition) is 1. The zero-order valence-corrected chi connectivity index (χ0v) is 16.2. The van der Waals surface area contributed by atoms with Crippen molar-refractivity contribution in [1.82, 2.24) is 10.3 Å². The number of esters is 1. The molecule has 0 aliphatic heterocycles. The number of nitrogens with one attached hydrogen (secondary N) is 1. The van der Waals surface area contributed by atoms with E-state index in [1.807, 2.05) is 35.7 Å². The minimum atomic E-state index is -0.390. The normalized spacial score (nSPS) is 11.1. The monoisotopic (exact) mass is 390 g/mol. The van der Waals surface area contributed by atoms with E-state index in [4.69, 9.17) is 0 Å². The van der Waals surface area contributed by atoms with Crippen LogP contribution in [0, 0.1) is 11.8 Å². The quantitative estimate of drug-likeness (QED) is 0.544. The van der Waals surface area contributed by atoms with E-state index >= 15 is 0 Å². The lowest BCUT2D eigenvalue weighted by Crippen LogP contribution is -2.31. The summed E-state index contributed by atoms with van der Waals surface area (Å²) in [6.07, 6.45) is 0. The fourth-order valence-electron chi connectivity index (χ4n) is 2.41. The second kappa shape index (κ2) is 8.98. The number of nitrogens with zero attached hydrogens (tertiary/aromatic N) is 1. The van der Waals surface area contributed by atoms with Gasteiger partial charge in [0.1, 0.15) is 0 Å². The number of carbonyl (C=O) groups is 2. The Morgan fingerprint density at radius 3 is 2.50 bits per heavy atom. The Balaban J connectivity index is 1.62. The molecule has 140 valence electrons. The average molecular weight is 390 g/mol. The molecule has 0 saturated heterocycles. The second-order valence-corrected chi connectivity index (χ2v) is 6.80. The third kappa shape index (κ3) is 4.84. The first kappa shape index (κ1) is 19.3. The molecule has 1 N–H and O–H groups in total. The Morgan fingerprint density at radius 1 is 1.11 bits per heavy atom. The van der Waals surface area contributed by atoms with Crippen molar-refractivity contribution in [2.24, 2.45) is 0 Å². The molecule has 1 heterocycles. The van der Waals surface area contributed by atoms with Crippen LogP contribution in [0.1, 0.15) is 32.6 Å². The van der Waals surface area contributed by atoms with Crippen molar-refractivity contribution in [2.75, 3.05) is 7.11 Å². The molecule has 6 heteroatoms. The molecule has 5 nitrogen and oxygen atoms in total. The highest BCUT2D eigenvalue weighted by atomic mass is 32.1. The van der Waals surface area contributed by atoms with E-state index < -0.39 is 5.97 Å². The Morgan fingerprint density at radius 2 is 1.82 bits per heavy atom. The lowest BCUT2D eigenvalue weighted by molar-refractivity contribution is 0.0600. The highest BCUT2D eigenvalue weighted by Gasteiger charge is 2.13. The molecule has 1 amide bonds. The average Bonchev–Trinajstić information content (AvgIpc) is 3.23. The van der Waals surface area contributed by atoms with Crippen molar-refractivity contribution >= 4 is 23.2 Å². The zero-order valence-electron chi connectivity index (χ0n) is 15.4. The van der Waals surface area contributed by atoms with Gasteiger partial charge in [0.15, 0.2) is 5.01 Å². The Hall–Kier alpha value is -3.43. The van der Waals surface area contributed by atoms with Crippen LogP contribution >= 0.6 is 11.3 Å². The van der Waals surface area contributed by atoms with Gasteiger partial charge in [0.2, 0.25) is 0 Å². The lowest BCUT2D eigenvalue weighted by atomic mass is 10.1. The van der Waals surface area contributed by atoms with E-state index in [0.29, 0.717) is 10.6 Å². The van der Waals surface area contributed by atoms with Crippen LogP contribution in [0.4, 0.5) is 0 Å². The van der Waals surface area contributed by atoms with Crippen molar-refractivity contribution in [2.45, 2.75) is 13.0 Å². The van der Waals surface area contributed by atoms with E-state index in [1.165, 1.54) is 18.4 Å². The Kier molecular flexibility index (Phi) is 6.20. The van der Waals surface area contributed by atoms with Gasteiger partial charge in [-0.2, -0.15) is 0 Å². The van der Waals surface area contributed by atoms with Gasteiger partial charge in [-0.05, 0) is 31.2 Å². The highest BCUT2D eigenvalue weighted by molar-refractivity contribution is 7.12. The molecule has 3 rings (SSSR count). The number of ether oxygens (including phenoxy) is 1. The molecule has 2 aromatic carbocycles. The van der Waals surface area contributed by atoms with E-state index in [0.717, 1.165) is 16.8 Å². The van der Waals surface area contributed by atoms with Crippen molar-refractivity contribution in [3.05, 3.63) is 76.1 Å². The number of hydrogen-bond acceptors (Lipinski definition) is 5. The third-order valence-corrected chi connectivity index (χ3v) is 4.70. The maximum atomic E-state index is 12.4. The number of methoxy groups -OCH3 is 1. The van der Waals surface area contributed by atoms with Gasteiger partial charge in [-0.15, -0.1) is 11.3 Å². The molecular weight excluding hydrogens is 372 g/mol. The van der Waals surface area contributed by atoms with Crippen LogP contribution in [-0.2, 0) is 4.74 Å². The van der Waals surface area contributed by atoms with Crippen LogP contribution in [0.5, 0.6) is 0 Å². The van der Waals surface area contributed by atoms with Gasteiger partial charge < -0.3 is 10.1 Å². The fraction of sp³-hybridized carbons (Fsp3) is 0.136. The molecule has 0 saturated carbocycles. The predicted octanol–water partition coefficient (Wildman–Crippen LogP) is 3.77. The minimum Gasteiger partial charge on any atom is -0.465 e. The highest BCUT2D eigenvalue weighted by Crippen LogP contribution is 2.21. The van der Waals surface area contributed by atoms with Crippen molar-refractivity contribution in [3.63, 3.8) is 0 Å². The van der Waals surface area contributed by atoms with Gasteiger partial charge in [0.25, 0.3) is 5.91 Å². The third-order valence-electron chi connectivity index (χ3n) is 3.85. The van der Waals surface area contributed by atoms with E-state index in [-0.39, 0.29) is 11.9 Å². The molecule has 0 aliphatic rings. The molecular formula is C22H18N2O3S. The summed E-state index contributed by atoms with van der Waals surface area (Å²) in [6, 6.07) is 16.1. The smallest absolute Gasteiger partial charge is 0.337 e. The summed E-state index contributed by atoms with van der Waals surface area (Å²) in [5.41, 5.74) is 2.96. The number of carbonyl (C=O) groups excluding carboxylic acids is 2. The lowest BCUT2D eigenvalue weighted by Gasteiger charge is -2.05. The first-order chi connectivity index (χ1) is 13.6. The predicted molar refractivity (Wildman–Crippen MR) is 109 cm³/mol. The topological polar surface area (TPSA) is 68.3 Å². The van der Waals surface area contributed by atoms with Gasteiger partial charge in [0, 0.05) is 16.5 Å². The molecule has 0 fully saturated rings. The van der Waals surface area contributed by atoms with Crippen LogP contribution in [0.15, 0.2) is 60.0 Å².